The van der Waals surface area contributed by atoms with Gasteiger partial charge >= 0.3 is 6.16 Å². The second kappa shape index (κ2) is 2.88. The molecular weight excluding hydrogens is 134 g/mol. The fourth-order valence-electron chi connectivity index (χ4n) is 0.887. The third-order valence-corrected chi connectivity index (χ3v) is 1.56. The predicted octanol–water partition coefficient (Wildman–Crippen LogP) is 0.259. The Hall–Kier alpha value is -0.770. The molecule has 1 rings (SSSR count). The second-order valence-corrected chi connectivity index (χ2v) is 2.43. The van der Waals surface area contributed by atoms with Crippen molar-refractivity contribution in [2.45, 2.75) is 25.0 Å². The van der Waals surface area contributed by atoms with Gasteiger partial charge in [-0.05, 0) is 12.8 Å². The van der Waals surface area contributed by atoms with Crippen LogP contribution in [0.15, 0.2) is 0 Å². The van der Waals surface area contributed by atoms with Crippen molar-refractivity contribution in [2.24, 2.45) is 5.73 Å². The summed E-state index contributed by atoms with van der Waals surface area (Å²) in [5.41, 5.74) is 5.45. The lowest BCUT2D eigenvalue weighted by Gasteiger charge is -2.30. The zero-order valence-corrected chi connectivity index (χ0v) is 5.87. The molecule has 1 aliphatic carbocycles. The summed E-state index contributed by atoms with van der Waals surface area (Å²) >= 11 is 0. The number of rotatable bonds is 1. The zero-order chi connectivity index (χ0) is 7.56. The topological polar surface area (TPSA) is 61.5 Å². The van der Waals surface area contributed by atoms with Gasteiger partial charge in [0.05, 0.1) is 7.11 Å². The molecular formula is C6H11NO3. The molecule has 0 atom stereocenters. The molecule has 1 fully saturated rings. The lowest BCUT2D eigenvalue weighted by Crippen LogP contribution is -2.42. The fourth-order valence-corrected chi connectivity index (χ4v) is 0.887. The van der Waals surface area contributed by atoms with Gasteiger partial charge in [0, 0.05) is 6.04 Å². The molecule has 0 aromatic heterocycles. The molecule has 0 saturated heterocycles. The van der Waals surface area contributed by atoms with E-state index in [9.17, 15) is 4.79 Å². The maximum absolute atomic E-state index is 10.4. The van der Waals surface area contributed by atoms with Crippen LogP contribution in [0.1, 0.15) is 12.8 Å². The van der Waals surface area contributed by atoms with Crippen molar-refractivity contribution in [3.05, 3.63) is 0 Å². The Kier molecular flexibility index (Phi) is 2.11. The molecule has 0 radical (unpaired) electrons. The first-order valence-corrected chi connectivity index (χ1v) is 3.22. The van der Waals surface area contributed by atoms with Crippen molar-refractivity contribution in [2.75, 3.05) is 7.11 Å². The van der Waals surface area contributed by atoms with E-state index in [1.54, 1.807) is 0 Å². The molecule has 1 aliphatic rings. The first kappa shape index (κ1) is 7.34. The quantitative estimate of drug-likeness (QED) is 0.537. The Morgan fingerprint density at radius 1 is 1.60 bits per heavy atom. The van der Waals surface area contributed by atoms with Crippen LogP contribution in [0.2, 0.25) is 0 Å². The van der Waals surface area contributed by atoms with E-state index in [0.717, 1.165) is 12.8 Å². The molecule has 10 heavy (non-hydrogen) atoms. The van der Waals surface area contributed by atoms with Crippen molar-refractivity contribution in [1.82, 2.24) is 0 Å². The number of ether oxygens (including phenoxy) is 2. The summed E-state index contributed by atoms with van der Waals surface area (Å²) in [7, 11) is 1.29. The zero-order valence-electron chi connectivity index (χ0n) is 5.87. The van der Waals surface area contributed by atoms with Crippen molar-refractivity contribution in [3.8, 4) is 0 Å². The van der Waals surface area contributed by atoms with Gasteiger partial charge in [0.15, 0.2) is 0 Å². The maximum Gasteiger partial charge on any atom is 0.508 e. The van der Waals surface area contributed by atoms with Crippen LogP contribution in [0.3, 0.4) is 0 Å². The second-order valence-electron chi connectivity index (χ2n) is 2.43. The van der Waals surface area contributed by atoms with E-state index in [1.807, 2.05) is 0 Å². The van der Waals surface area contributed by atoms with Crippen LogP contribution in [-0.2, 0) is 9.47 Å². The highest BCUT2D eigenvalue weighted by atomic mass is 16.7. The Morgan fingerprint density at radius 2 is 2.20 bits per heavy atom. The van der Waals surface area contributed by atoms with Crippen molar-refractivity contribution >= 4 is 6.16 Å². The van der Waals surface area contributed by atoms with Crippen LogP contribution in [0.25, 0.3) is 0 Å². The van der Waals surface area contributed by atoms with Gasteiger partial charge in [-0.15, -0.1) is 0 Å². The normalized spacial score (nSPS) is 30.6. The van der Waals surface area contributed by atoms with Gasteiger partial charge in [0.25, 0.3) is 0 Å². The third-order valence-electron chi connectivity index (χ3n) is 1.56. The molecule has 0 unspecified atom stereocenters. The van der Waals surface area contributed by atoms with Gasteiger partial charge in [0.1, 0.15) is 6.10 Å². The molecule has 0 bridgehead atoms. The van der Waals surface area contributed by atoms with Gasteiger partial charge in [-0.2, -0.15) is 0 Å². The SMILES string of the molecule is COC(=O)OC1CC(N)C1. The monoisotopic (exact) mass is 145 g/mol. The Bertz CT molecular complexity index is 131. The summed E-state index contributed by atoms with van der Waals surface area (Å²) in [5.74, 6) is 0. The van der Waals surface area contributed by atoms with Crippen LogP contribution < -0.4 is 5.73 Å². The lowest BCUT2D eigenvalue weighted by atomic mass is 9.90. The number of carbonyl (C=O) groups excluding carboxylic acids is 1. The highest BCUT2D eigenvalue weighted by Crippen LogP contribution is 2.21. The molecule has 2 N–H and O–H groups in total. The molecule has 4 nitrogen and oxygen atoms in total. The fraction of sp³-hybridized carbons (Fsp3) is 0.833. The molecule has 0 aliphatic heterocycles. The summed E-state index contributed by atoms with van der Waals surface area (Å²) in [6.07, 6.45) is 0.892. The Morgan fingerprint density at radius 3 is 2.60 bits per heavy atom. The molecule has 0 aromatic carbocycles. The van der Waals surface area contributed by atoms with E-state index >= 15 is 0 Å². The predicted molar refractivity (Wildman–Crippen MR) is 34.5 cm³/mol. The first-order chi connectivity index (χ1) is 4.72. The highest BCUT2D eigenvalue weighted by Gasteiger charge is 2.29. The largest absolute Gasteiger partial charge is 0.508 e. The molecule has 0 spiro atoms. The number of hydrogen-bond donors (Lipinski definition) is 1. The number of carbonyl (C=O) groups is 1. The van der Waals surface area contributed by atoms with Crippen LogP contribution in [0.4, 0.5) is 4.79 Å². The van der Waals surface area contributed by atoms with E-state index < -0.39 is 6.16 Å². The summed E-state index contributed by atoms with van der Waals surface area (Å²) in [6, 6.07) is 0.203. The van der Waals surface area contributed by atoms with Gasteiger partial charge in [-0.1, -0.05) is 0 Å². The van der Waals surface area contributed by atoms with E-state index in [1.165, 1.54) is 7.11 Å². The average molecular weight is 145 g/mol. The summed E-state index contributed by atoms with van der Waals surface area (Å²) < 4.78 is 9.05. The van der Waals surface area contributed by atoms with E-state index in [2.05, 4.69) is 4.74 Å². The Balaban J connectivity index is 2.10. The minimum Gasteiger partial charge on any atom is -0.438 e. The van der Waals surface area contributed by atoms with Gasteiger partial charge in [-0.3, -0.25) is 0 Å². The van der Waals surface area contributed by atoms with Crippen molar-refractivity contribution in [3.63, 3.8) is 0 Å². The molecule has 0 heterocycles. The van der Waals surface area contributed by atoms with E-state index in [4.69, 9.17) is 10.5 Å². The van der Waals surface area contributed by atoms with E-state index in [0.29, 0.717) is 0 Å². The molecule has 0 amide bonds. The molecule has 4 heteroatoms. The molecule has 1 saturated carbocycles. The van der Waals surface area contributed by atoms with Crippen molar-refractivity contribution in [1.29, 1.82) is 0 Å². The van der Waals surface area contributed by atoms with Crippen LogP contribution in [-0.4, -0.2) is 25.4 Å². The maximum atomic E-state index is 10.4. The number of methoxy groups -OCH3 is 1. The van der Waals surface area contributed by atoms with Gasteiger partial charge < -0.3 is 15.2 Å². The lowest BCUT2D eigenvalue weighted by molar-refractivity contribution is -0.00101. The van der Waals surface area contributed by atoms with Crippen molar-refractivity contribution < 1.29 is 14.3 Å². The highest BCUT2D eigenvalue weighted by molar-refractivity contribution is 5.59. The molecule has 0 aromatic rings. The smallest absolute Gasteiger partial charge is 0.438 e. The van der Waals surface area contributed by atoms with Gasteiger partial charge in [-0.25, -0.2) is 4.79 Å². The van der Waals surface area contributed by atoms with Crippen LogP contribution in [0, 0.1) is 0 Å². The summed E-state index contributed by atoms with van der Waals surface area (Å²) in [5, 5.41) is 0. The van der Waals surface area contributed by atoms with Crippen LogP contribution >= 0.6 is 0 Å². The molecule has 58 valence electrons. The van der Waals surface area contributed by atoms with E-state index in [-0.39, 0.29) is 12.1 Å². The minimum absolute atomic E-state index is 0.0116. The third kappa shape index (κ3) is 1.60. The number of nitrogens with two attached hydrogens (primary N) is 1. The first-order valence-electron chi connectivity index (χ1n) is 3.22. The average Bonchev–Trinajstić information content (AvgIpc) is 1.84. The summed E-state index contributed by atoms with van der Waals surface area (Å²) in [4.78, 5) is 10.4. The number of hydrogen-bond acceptors (Lipinski definition) is 4. The standard InChI is InChI=1S/C6H11NO3/c1-9-6(8)10-5-2-4(7)3-5/h4-5H,2-3,7H2,1H3. The minimum atomic E-state index is -0.614. The van der Waals surface area contributed by atoms with Crippen LogP contribution in [0.5, 0.6) is 0 Å². The van der Waals surface area contributed by atoms with Gasteiger partial charge in [0.2, 0.25) is 0 Å². The summed E-state index contributed by atoms with van der Waals surface area (Å²) in [6.45, 7) is 0. The Labute approximate surface area is 59.3 Å².